The second-order valence-corrected chi connectivity index (χ2v) is 7.09. The number of halogens is 1. The number of methoxy groups -OCH3 is 1. The topological polar surface area (TPSA) is 59.1 Å². The van der Waals surface area contributed by atoms with Crippen molar-refractivity contribution in [2.45, 2.75) is 6.61 Å². The van der Waals surface area contributed by atoms with Gasteiger partial charge in [0.25, 0.3) is 5.91 Å². The number of carbonyl (C=O) groups is 2. The zero-order chi connectivity index (χ0) is 21.0. The van der Waals surface area contributed by atoms with Gasteiger partial charge in [-0.2, -0.15) is 0 Å². The highest BCUT2D eigenvalue weighted by molar-refractivity contribution is 7.80. The minimum absolute atomic E-state index is 0.232. The van der Waals surface area contributed by atoms with E-state index in [-0.39, 0.29) is 17.6 Å². The molecule has 29 heavy (non-hydrogen) atoms. The van der Waals surface area contributed by atoms with Gasteiger partial charge in [0.15, 0.2) is 5.11 Å². The SMILES string of the molecule is COC(=O)CN1C(=O)/C(=C/c2ccccc2OCc2ccc(Cl)cc2)N(C)C1=S. The van der Waals surface area contributed by atoms with Crippen LogP contribution in [0.4, 0.5) is 0 Å². The van der Waals surface area contributed by atoms with Crippen LogP contribution in [0.3, 0.4) is 0 Å². The van der Waals surface area contributed by atoms with E-state index in [0.717, 1.165) is 11.1 Å². The van der Waals surface area contributed by atoms with E-state index in [1.165, 1.54) is 12.0 Å². The summed E-state index contributed by atoms with van der Waals surface area (Å²) in [5.74, 6) is -0.286. The van der Waals surface area contributed by atoms with E-state index in [1.807, 2.05) is 36.4 Å². The Kier molecular flexibility index (Phi) is 6.51. The lowest BCUT2D eigenvalue weighted by molar-refractivity contribution is -0.143. The molecule has 1 heterocycles. The highest BCUT2D eigenvalue weighted by Crippen LogP contribution is 2.27. The molecule has 1 saturated heterocycles. The van der Waals surface area contributed by atoms with Gasteiger partial charge in [-0.3, -0.25) is 14.5 Å². The zero-order valence-corrected chi connectivity index (χ0v) is 17.5. The Hall–Kier alpha value is -2.90. The molecule has 6 nitrogen and oxygen atoms in total. The summed E-state index contributed by atoms with van der Waals surface area (Å²) in [4.78, 5) is 27.1. The van der Waals surface area contributed by atoms with Gasteiger partial charge in [-0.05, 0) is 42.1 Å². The van der Waals surface area contributed by atoms with Gasteiger partial charge in [-0.25, -0.2) is 0 Å². The normalized spacial score (nSPS) is 15.2. The van der Waals surface area contributed by atoms with Crippen molar-refractivity contribution in [3.05, 3.63) is 70.4 Å². The number of carbonyl (C=O) groups excluding carboxylic acids is 2. The van der Waals surface area contributed by atoms with E-state index in [0.29, 0.717) is 23.1 Å². The van der Waals surface area contributed by atoms with Crippen LogP contribution in [-0.4, -0.2) is 47.5 Å². The molecule has 0 atom stereocenters. The maximum Gasteiger partial charge on any atom is 0.325 e. The Morgan fingerprint density at radius 3 is 2.55 bits per heavy atom. The number of thiocarbonyl (C=S) groups is 1. The first-order chi connectivity index (χ1) is 13.9. The van der Waals surface area contributed by atoms with Gasteiger partial charge in [-0.15, -0.1) is 0 Å². The van der Waals surface area contributed by atoms with Crippen LogP contribution in [0.5, 0.6) is 5.75 Å². The van der Waals surface area contributed by atoms with Crippen LogP contribution in [-0.2, 0) is 20.9 Å². The van der Waals surface area contributed by atoms with Crippen molar-refractivity contribution in [1.29, 1.82) is 0 Å². The predicted octanol–water partition coefficient (Wildman–Crippen LogP) is 3.49. The lowest BCUT2D eigenvalue weighted by Crippen LogP contribution is -2.36. The van der Waals surface area contributed by atoms with Crippen molar-refractivity contribution >= 4 is 46.9 Å². The molecule has 1 aliphatic heterocycles. The number of ether oxygens (including phenoxy) is 2. The lowest BCUT2D eigenvalue weighted by Gasteiger charge is -2.14. The van der Waals surface area contributed by atoms with E-state index in [4.69, 9.17) is 28.6 Å². The summed E-state index contributed by atoms with van der Waals surface area (Å²) in [5, 5.41) is 0.903. The second-order valence-electron chi connectivity index (χ2n) is 6.29. The number of para-hydroxylation sites is 1. The van der Waals surface area contributed by atoms with Gasteiger partial charge < -0.3 is 14.4 Å². The van der Waals surface area contributed by atoms with Crippen molar-refractivity contribution in [3.8, 4) is 5.75 Å². The molecule has 0 spiro atoms. The molecule has 8 heteroatoms. The smallest absolute Gasteiger partial charge is 0.325 e. The number of hydrogen-bond donors (Lipinski definition) is 0. The van der Waals surface area contributed by atoms with Gasteiger partial charge in [-0.1, -0.05) is 41.9 Å². The number of hydrogen-bond acceptors (Lipinski definition) is 5. The van der Waals surface area contributed by atoms with Gasteiger partial charge >= 0.3 is 5.97 Å². The van der Waals surface area contributed by atoms with Crippen LogP contribution in [0.1, 0.15) is 11.1 Å². The Morgan fingerprint density at radius 1 is 1.17 bits per heavy atom. The molecule has 0 aromatic heterocycles. The van der Waals surface area contributed by atoms with Gasteiger partial charge in [0.05, 0.1) is 7.11 Å². The Balaban J connectivity index is 1.82. The van der Waals surface area contributed by atoms with E-state index >= 15 is 0 Å². The molecular formula is C21H19ClN2O4S. The summed E-state index contributed by atoms with van der Waals surface area (Å²) in [6.45, 7) is 0.124. The van der Waals surface area contributed by atoms with Crippen LogP contribution in [0, 0.1) is 0 Å². The van der Waals surface area contributed by atoms with Crippen molar-refractivity contribution in [3.63, 3.8) is 0 Å². The largest absolute Gasteiger partial charge is 0.488 e. The molecule has 0 saturated carbocycles. The molecule has 0 radical (unpaired) electrons. The number of esters is 1. The number of likely N-dealkylation sites (N-methyl/N-ethyl adjacent to an activating group) is 1. The van der Waals surface area contributed by atoms with E-state index < -0.39 is 5.97 Å². The van der Waals surface area contributed by atoms with Gasteiger partial charge in [0.2, 0.25) is 0 Å². The third-order valence-electron chi connectivity index (χ3n) is 4.38. The van der Waals surface area contributed by atoms with E-state index in [1.54, 1.807) is 30.2 Å². The minimum Gasteiger partial charge on any atom is -0.488 e. The molecule has 1 amide bonds. The summed E-state index contributed by atoms with van der Waals surface area (Å²) in [7, 11) is 2.95. The van der Waals surface area contributed by atoms with Crippen molar-refractivity contribution in [2.24, 2.45) is 0 Å². The minimum atomic E-state index is -0.540. The molecule has 2 aromatic rings. The average molecular weight is 431 g/mol. The third-order valence-corrected chi connectivity index (χ3v) is 5.12. The second kappa shape index (κ2) is 9.07. The average Bonchev–Trinajstić information content (AvgIpc) is 2.92. The first-order valence-corrected chi connectivity index (χ1v) is 9.53. The van der Waals surface area contributed by atoms with Crippen molar-refractivity contribution < 1.29 is 19.1 Å². The molecule has 0 unspecified atom stereocenters. The van der Waals surface area contributed by atoms with Crippen LogP contribution in [0.2, 0.25) is 5.02 Å². The first-order valence-electron chi connectivity index (χ1n) is 8.75. The van der Waals surface area contributed by atoms with Crippen LogP contribution in [0.25, 0.3) is 6.08 Å². The summed E-state index contributed by atoms with van der Waals surface area (Å²) < 4.78 is 10.6. The number of amides is 1. The molecular weight excluding hydrogens is 412 g/mol. The van der Waals surface area contributed by atoms with Crippen molar-refractivity contribution in [2.75, 3.05) is 20.7 Å². The molecule has 1 aliphatic rings. The van der Waals surface area contributed by atoms with Crippen LogP contribution < -0.4 is 4.74 Å². The summed E-state index contributed by atoms with van der Waals surface area (Å²) in [5.41, 5.74) is 2.04. The monoisotopic (exact) mass is 430 g/mol. The Labute approximate surface area is 179 Å². The zero-order valence-electron chi connectivity index (χ0n) is 15.9. The first kappa shape index (κ1) is 20.8. The molecule has 0 bridgehead atoms. The fourth-order valence-electron chi connectivity index (χ4n) is 2.76. The molecule has 1 fully saturated rings. The van der Waals surface area contributed by atoms with Crippen LogP contribution >= 0.6 is 23.8 Å². The number of nitrogens with zero attached hydrogens (tertiary/aromatic N) is 2. The van der Waals surface area contributed by atoms with Crippen molar-refractivity contribution in [1.82, 2.24) is 9.80 Å². The van der Waals surface area contributed by atoms with E-state index in [9.17, 15) is 9.59 Å². The molecule has 0 N–H and O–H groups in total. The number of benzene rings is 2. The van der Waals surface area contributed by atoms with Gasteiger partial charge in [0.1, 0.15) is 24.6 Å². The third kappa shape index (κ3) is 4.75. The molecule has 0 aliphatic carbocycles. The highest BCUT2D eigenvalue weighted by Gasteiger charge is 2.37. The fraction of sp³-hybridized carbons (Fsp3) is 0.190. The number of rotatable bonds is 6. The maximum atomic E-state index is 12.8. The van der Waals surface area contributed by atoms with Crippen LogP contribution in [0.15, 0.2) is 54.2 Å². The maximum absolute atomic E-state index is 12.8. The lowest BCUT2D eigenvalue weighted by atomic mass is 10.1. The fourth-order valence-corrected chi connectivity index (χ4v) is 3.14. The summed E-state index contributed by atoms with van der Waals surface area (Å²) in [6.07, 6.45) is 1.70. The quantitative estimate of drug-likeness (QED) is 0.397. The predicted molar refractivity (Wildman–Crippen MR) is 114 cm³/mol. The molecule has 3 rings (SSSR count). The van der Waals surface area contributed by atoms with Gasteiger partial charge in [0, 0.05) is 17.6 Å². The van der Waals surface area contributed by atoms with E-state index in [2.05, 4.69) is 4.74 Å². The Morgan fingerprint density at radius 2 is 1.86 bits per heavy atom. The summed E-state index contributed by atoms with van der Waals surface area (Å²) in [6, 6.07) is 14.8. The molecule has 150 valence electrons. The summed E-state index contributed by atoms with van der Waals surface area (Å²) >= 11 is 11.2. The molecule has 2 aromatic carbocycles. The Bertz CT molecular complexity index is 975. The highest BCUT2D eigenvalue weighted by atomic mass is 35.5. The standard InChI is InChI=1S/C21H19ClN2O4S/c1-23-17(20(26)24(21(23)29)12-19(25)27-2)11-15-5-3-4-6-18(15)28-13-14-7-9-16(22)10-8-14/h3-11H,12-13H2,1-2H3/b17-11-.